The third kappa shape index (κ3) is 4.11. The Balaban J connectivity index is 2.51. The van der Waals surface area contributed by atoms with Crippen molar-refractivity contribution in [2.45, 2.75) is 26.8 Å². The zero-order chi connectivity index (χ0) is 13.5. The highest BCUT2D eigenvalue weighted by Gasteiger charge is 2.12. The number of hydrogen-bond donors (Lipinski definition) is 1. The highest BCUT2D eigenvalue weighted by atomic mass is 19.1. The standard InChI is InChI=1S/C14H21FN2O/c1-4-17(5-2)14(18)10-16-11(3)12-7-6-8-13(15)9-12/h6-9,11,16H,4-5,10H2,1-3H3/t11-/m1/s1. The van der Waals surface area contributed by atoms with E-state index in [1.165, 1.54) is 12.1 Å². The molecule has 0 aromatic heterocycles. The Kier molecular flexibility index (Phi) is 5.78. The van der Waals surface area contributed by atoms with Crippen LogP contribution in [0, 0.1) is 5.82 Å². The SMILES string of the molecule is CCN(CC)C(=O)CN[C@H](C)c1cccc(F)c1. The number of carbonyl (C=O) groups is 1. The van der Waals surface area contributed by atoms with Gasteiger partial charge in [0.1, 0.15) is 5.82 Å². The second-order valence-corrected chi connectivity index (χ2v) is 4.22. The normalized spacial score (nSPS) is 12.2. The van der Waals surface area contributed by atoms with Gasteiger partial charge in [0.25, 0.3) is 0 Å². The molecule has 3 nitrogen and oxygen atoms in total. The Hall–Kier alpha value is -1.42. The molecule has 0 saturated heterocycles. The number of halogens is 1. The summed E-state index contributed by atoms with van der Waals surface area (Å²) in [5.74, 6) is -0.181. The maximum Gasteiger partial charge on any atom is 0.236 e. The molecule has 0 fully saturated rings. The van der Waals surface area contributed by atoms with Crippen LogP contribution in [0.25, 0.3) is 0 Å². The first kappa shape index (κ1) is 14.6. The number of carbonyl (C=O) groups excluding carboxylic acids is 1. The molecular formula is C14H21FN2O. The summed E-state index contributed by atoms with van der Waals surface area (Å²) in [7, 11) is 0. The molecule has 1 atom stereocenters. The number of benzene rings is 1. The fourth-order valence-corrected chi connectivity index (χ4v) is 1.82. The van der Waals surface area contributed by atoms with Gasteiger partial charge in [-0.2, -0.15) is 0 Å². The van der Waals surface area contributed by atoms with Crippen LogP contribution in [0.5, 0.6) is 0 Å². The average Bonchev–Trinajstić information content (AvgIpc) is 2.37. The lowest BCUT2D eigenvalue weighted by Crippen LogP contribution is -2.38. The lowest BCUT2D eigenvalue weighted by molar-refractivity contribution is -0.129. The second-order valence-electron chi connectivity index (χ2n) is 4.22. The fourth-order valence-electron chi connectivity index (χ4n) is 1.82. The van der Waals surface area contributed by atoms with Crippen molar-refractivity contribution >= 4 is 5.91 Å². The molecule has 1 N–H and O–H groups in total. The quantitative estimate of drug-likeness (QED) is 0.843. The molecule has 0 aliphatic rings. The minimum absolute atomic E-state index is 0.0415. The first-order chi connectivity index (χ1) is 8.58. The van der Waals surface area contributed by atoms with E-state index < -0.39 is 0 Å². The van der Waals surface area contributed by atoms with Crippen LogP contribution in [0.15, 0.2) is 24.3 Å². The van der Waals surface area contributed by atoms with Gasteiger partial charge in [-0.15, -0.1) is 0 Å². The molecule has 0 aliphatic carbocycles. The summed E-state index contributed by atoms with van der Waals surface area (Å²) in [5, 5.41) is 3.12. The molecule has 18 heavy (non-hydrogen) atoms. The molecule has 0 saturated carbocycles. The molecule has 0 radical (unpaired) electrons. The predicted molar refractivity (Wildman–Crippen MR) is 70.7 cm³/mol. The summed E-state index contributed by atoms with van der Waals surface area (Å²) in [4.78, 5) is 13.6. The monoisotopic (exact) mass is 252 g/mol. The first-order valence-corrected chi connectivity index (χ1v) is 6.35. The van der Waals surface area contributed by atoms with Crippen molar-refractivity contribution in [2.24, 2.45) is 0 Å². The van der Waals surface area contributed by atoms with E-state index >= 15 is 0 Å². The van der Waals surface area contributed by atoms with Gasteiger partial charge in [-0.25, -0.2) is 4.39 Å². The van der Waals surface area contributed by atoms with Gasteiger partial charge in [0.2, 0.25) is 5.91 Å². The van der Waals surface area contributed by atoms with Gasteiger partial charge in [-0.05, 0) is 38.5 Å². The van der Waals surface area contributed by atoms with Crippen LogP contribution in [-0.2, 0) is 4.79 Å². The number of nitrogens with one attached hydrogen (secondary N) is 1. The molecule has 100 valence electrons. The molecule has 1 rings (SSSR count). The van der Waals surface area contributed by atoms with Gasteiger partial charge in [0.05, 0.1) is 6.54 Å². The molecule has 0 unspecified atom stereocenters. The summed E-state index contributed by atoms with van der Waals surface area (Å²) in [6.07, 6.45) is 0. The fraction of sp³-hybridized carbons (Fsp3) is 0.500. The van der Waals surface area contributed by atoms with E-state index in [2.05, 4.69) is 5.32 Å². The highest BCUT2D eigenvalue weighted by Crippen LogP contribution is 2.12. The Bertz CT molecular complexity index is 391. The molecule has 0 bridgehead atoms. The Morgan fingerprint density at radius 3 is 2.61 bits per heavy atom. The number of amides is 1. The maximum absolute atomic E-state index is 13.1. The number of rotatable bonds is 6. The van der Waals surface area contributed by atoms with Crippen LogP contribution in [0.3, 0.4) is 0 Å². The van der Waals surface area contributed by atoms with Crippen LogP contribution in [0.1, 0.15) is 32.4 Å². The molecule has 4 heteroatoms. The van der Waals surface area contributed by atoms with Crippen LogP contribution in [0.4, 0.5) is 4.39 Å². The van der Waals surface area contributed by atoms with E-state index in [0.29, 0.717) is 13.1 Å². The molecular weight excluding hydrogens is 231 g/mol. The second kappa shape index (κ2) is 7.11. The largest absolute Gasteiger partial charge is 0.342 e. The van der Waals surface area contributed by atoms with E-state index in [1.54, 1.807) is 11.0 Å². The lowest BCUT2D eigenvalue weighted by atomic mass is 10.1. The minimum Gasteiger partial charge on any atom is -0.342 e. The van der Waals surface area contributed by atoms with Crippen LogP contribution >= 0.6 is 0 Å². The summed E-state index contributed by atoms with van der Waals surface area (Å²) in [6, 6.07) is 6.38. The topological polar surface area (TPSA) is 32.3 Å². The van der Waals surface area contributed by atoms with E-state index in [-0.39, 0.29) is 24.3 Å². The van der Waals surface area contributed by atoms with Crippen molar-refractivity contribution in [1.82, 2.24) is 10.2 Å². The molecule has 1 aromatic carbocycles. The average molecular weight is 252 g/mol. The third-order valence-electron chi connectivity index (χ3n) is 3.02. The number of hydrogen-bond acceptors (Lipinski definition) is 2. The van der Waals surface area contributed by atoms with Crippen molar-refractivity contribution in [2.75, 3.05) is 19.6 Å². The first-order valence-electron chi connectivity index (χ1n) is 6.35. The lowest BCUT2D eigenvalue weighted by Gasteiger charge is -2.21. The van der Waals surface area contributed by atoms with Crippen LogP contribution in [-0.4, -0.2) is 30.4 Å². The molecule has 1 aromatic rings. The van der Waals surface area contributed by atoms with Crippen molar-refractivity contribution in [3.05, 3.63) is 35.6 Å². The maximum atomic E-state index is 13.1. The minimum atomic E-state index is -0.254. The summed E-state index contributed by atoms with van der Waals surface area (Å²) in [5.41, 5.74) is 0.849. The highest BCUT2D eigenvalue weighted by molar-refractivity contribution is 5.78. The number of nitrogens with zero attached hydrogens (tertiary/aromatic N) is 1. The van der Waals surface area contributed by atoms with E-state index in [4.69, 9.17) is 0 Å². The Morgan fingerprint density at radius 1 is 1.39 bits per heavy atom. The Morgan fingerprint density at radius 2 is 2.06 bits per heavy atom. The van der Waals surface area contributed by atoms with Gasteiger partial charge < -0.3 is 10.2 Å². The van der Waals surface area contributed by atoms with Crippen molar-refractivity contribution in [3.8, 4) is 0 Å². The smallest absolute Gasteiger partial charge is 0.236 e. The van der Waals surface area contributed by atoms with Crippen molar-refractivity contribution in [3.63, 3.8) is 0 Å². The van der Waals surface area contributed by atoms with Gasteiger partial charge in [-0.3, -0.25) is 4.79 Å². The zero-order valence-electron chi connectivity index (χ0n) is 11.2. The molecule has 0 heterocycles. The van der Waals surface area contributed by atoms with E-state index in [0.717, 1.165) is 5.56 Å². The van der Waals surface area contributed by atoms with Crippen molar-refractivity contribution < 1.29 is 9.18 Å². The summed E-state index contributed by atoms with van der Waals surface area (Å²) < 4.78 is 13.1. The zero-order valence-corrected chi connectivity index (χ0v) is 11.2. The van der Waals surface area contributed by atoms with Crippen LogP contribution in [0.2, 0.25) is 0 Å². The van der Waals surface area contributed by atoms with Gasteiger partial charge in [0.15, 0.2) is 0 Å². The summed E-state index contributed by atoms with van der Waals surface area (Å²) in [6.45, 7) is 7.54. The molecule has 0 aliphatic heterocycles. The number of likely N-dealkylation sites (N-methyl/N-ethyl adjacent to an activating group) is 1. The van der Waals surface area contributed by atoms with Crippen LogP contribution < -0.4 is 5.32 Å². The van der Waals surface area contributed by atoms with Gasteiger partial charge in [0, 0.05) is 19.1 Å². The predicted octanol–water partition coefficient (Wildman–Crippen LogP) is 2.34. The van der Waals surface area contributed by atoms with Gasteiger partial charge in [-0.1, -0.05) is 12.1 Å². The summed E-state index contributed by atoms with van der Waals surface area (Å²) >= 11 is 0. The Labute approximate surface area is 108 Å². The van der Waals surface area contributed by atoms with Gasteiger partial charge >= 0.3 is 0 Å². The third-order valence-corrected chi connectivity index (χ3v) is 3.02. The molecule has 1 amide bonds. The molecule has 0 spiro atoms. The van der Waals surface area contributed by atoms with Crippen molar-refractivity contribution in [1.29, 1.82) is 0 Å². The van der Waals surface area contributed by atoms with E-state index in [9.17, 15) is 9.18 Å². The van der Waals surface area contributed by atoms with E-state index in [1.807, 2.05) is 26.8 Å².